The van der Waals surface area contributed by atoms with Crippen LogP contribution < -0.4 is 11.1 Å². The molecule has 4 rings (SSSR count). The maximum absolute atomic E-state index is 13.5. The van der Waals surface area contributed by atoms with Gasteiger partial charge in [0, 0.05) is 18.3 Å². The van der Waals surface area contributed by atoms with Gasteiger partial charge < -0.3 is 11.1 Å². The normalized spacial score (nSPS) is 11.0. The van der Waals surface area contributed by atoms with Crippen molar-refractivity contribution in [2.45, 2.75) is 0 Å². The number of carbonyl (C=O) groups is 1. The van der Waals surface area contributed by atoms with Gasteiger partial charge in [0.15, 0.2) is 5.65 Å². The predicted molar refractivity (Wildman–Crippen MR) is 88.8 cm³/mol. The first kappa shape index (κ1) is 15.7. The van der Waals surface area contributed by atoms with Gasteiger partial charge in [-0.05, 0) is 18.2 Å². The molecule has 130 valence electrons. The molecule has 0 bridgehead atoms. The number of benzene rings is 1. The Labute approximate surface area is 144 Å². The van der Waals surface area contributed by atoms with Crippen molar-refractivity contribution in [2.24, 2.45) is 0 Å². The van der Waals surface area contributed by atoms with Crippen LogP contribution in [0.25, 0.3) is 11.3 Å². The SMILES string of the molecule is Nc1ccn2ncc(C(=O)Nc3ccnn3-c3cc(F)cc(F)c3)c2n1. The second kappa shape index (κ2) is 5.92. The lowest BCUT2D eigenvalue weighted by molar-refractivity contribution is 0.102. The third-order valence-corrected chi connectivity index (χ3v) is 3.61. The van der Waals surface area contributed by atoms with E-state index in [9.17, 15) is 13.6 Å². The van der Waals surface area contributed by atoms with Crippen molar-refractivity contribution < 1.29 is 13.6 Å². The number of nitrogens with two attached hydrogens (primary N) is 1. The highest BCUT2D eigenvalue weighted by Gasteiger charge is 2.17. The molecule has 4 aromatic rings. The number of nitrogen functional groups attached to an aromatic ring is 1. The highest BCUT2D eigenvalue weighted by atomic mass is 19.1. The molecule has 0 unspecified atom stereocenters. The topological polar surface area (TPSA) is 103 Å². The molecule has 8 nitrogen and oxygen atoms in total. The molecule has 3 heterocycles. The molecule has 0 saturated heterocycles. The Hall–Kier alpha value is -3.82. The summed E-state index contributed by atoms with van der Waals surface area (Å²) < 4.78 is 29.5. The van der Waals surface area contributed by atoms with Crippen LogP contribution in [-0.4, -0.2) is 30.3 Å². The number of fused-ring (bicyclic) bond motifs is 1. The van der Waals surface area contributed by atoms with Crippen molar-refractivity contribution in [1.29, 1.82) is 0 Å². The van der Waals surface area contributed by atoms with Gasteiger partial charge >= 0.3 is 0 Å². The van der Waals surface area contributed by atoms with Gasteiger partial charge in [-0.3, -0.25) is 4.79 Å². The summed E-state index contributed by atoms with van der Waals surface area (Å²) in [7, 11) is 0. The van der Waals surface area contributed by atoms with E-state index in [2.05, 4.69) is 20.5 Å². The number of rotatable bonds is 3. The summed E-state index contributed by atoms with van der Waals surface area (Å²) in [5.41, 5.74) is 6.25. The van der Waals surface area contributed by atoms with Crippen molar-refractivity contribution in [3.63, 3.8) is 0 Å². The Balaban J connectivity index is 1.69. The molecular weight excluding hydrogens is 344 g/mol. The average Bonchev–Trinajstić information content (AvgIpc) is 3.20. The lowest BCUT2D eigenvalue weighted by Gasteiger charge is -2.09. The van der Waals surface area contributed by atoms with E-state index in [0.29, 0.717) is 0 Å². The van der Waals surface area contributed by atoms with E-state index in [4.69, 9.17) is 5.73 Å². The van der Waals surface area contributed by atoms with Gasteiger partial charge in [-0.2, -0.15) is 10.2 Å². The Morgan fingerprint density at radius 1 is 1.12 bits per heavy atom. The van der Waals surface area contributed by atoms with Gasteiger partial charge in [0.25, 0.3) is 5.91 Å². The van der Waals surface area contributed by atoms with Crippen LogP contribution in [0.3, 0.4) is 0 Å². The molecule has 0 atom stereocenters. The lowest BCUT2D eigenvalue weighted by atomic mass is 10.3. The highest BCUT2D eigenvalue weighted by molar-refractivity contribution is 6.07. The fourth-order valence-corrected chi connectivity index (χ4v) is 2.49. The number of aromatic nitrogens is 5. The number of amides is 1. The van der Waals surface area contributed by atoms with Gasteiger partial charge in [-0.15, -0.1) is 0 Å². The van der Waals surface area contributed by atoms with Crippen LogP contribution in [0, 0.1) is 11.6 Å². The third-order valence-electron chi connectivity index (χ3n) is 3.61. The number of nitrogens with zero attached hydrogens (tertiary/aromatic N) is 5. The van der Waals surface area contributed by atoms with Crippen LogP contribution >= 0.6 is 0 Å². The molecule has 26 heavy (non-hydrogen) atoms. The first-order chi connectivity index (χ1) is 12.5. The predicted octanol–water partition coefficient (Wildman–Crippen LogP) is 2.03. The maximum atomic E-state index is 13.5. The van der Waals surface area contributed by atoms with E-state index < -0.39 is 17.5 Å². The molecule has 0 radical (unpaired) electrons. The molecule has 3 aromatic heterocycles. The molecule has 1 aromatic carbocycles. The first-order valence-corrected chi connectivity index (χ1v) is 7.43. The molecule has 0 saturated carbocycles. The fourth-order valence-electron chi connectivity index (χ4n) is 2.49. The lowest BCUT2D eigenvalue weighted by Crippen LogP contribution is -2.15. The van der Waals surface area contributed by atoms with Crippen LogP contribution in [-0.2, 0) is 0 Å². The smallest absolute Gasteiger partial charge is 0.262 e. The van der Waals surface area contributed by atoms with E-state index in [1.165, 1.54) is 27.7 Å². The fraction of sp³-hybridized carbons (Fsp3) is 0. The van der Waals surface area contributed by atoms with Gasteiger partial charge in [-0.25, -0.2) is 23.0 Å². The number of hydrogen-bond donors (Lipinski definition) is 2. The molecular formula is C16H11F2N7O. The van der Waals surface area contributed by atoms with Crippen molar-refractivity contribution >= 4 is 23.2 Å². The average molecular weight is 355 g/mol. The van der Waals surface area contributed by atoms with E-state index >= 15 is 0 Å². The van der Waals surface area contributed by atoms with Crippen LogP contribution in [0.5, 0.6) is 0 Å². The number of halogens is 2. The van der Waals surface area contributed by atoms with Crippen LogP contribution in [0.1, 0.15) is 10.4 Å². The molecule has 0 spiro atoms. The van der Waals surface area contributed by atoms with E-state index in [0.717, 1.165) is 18.2 Å². The van der Waals surface area contributed by atoms with Gasteiger partial charge in [0.1, 0.15) is 28.8 Å². The van der Waals surface area contributed by atoms with E-state index in [1.807, 2.05) is 0 Å². The minimum Gasteiger partial charge on any atom is -0.384 e. The number of nitrogens with one attached hydrogen (secondary N) is 1. The number of carbonyl (C=O) groups excluding carboxylic acids is 1. The van der Waals surface area contributed by atoms with E-state index in [-0.39, 0.29) is 28.5 Å². The van der Waals surface area contributed by atoms with Crippen LogP contribution in [0.15, 0.2) is 48.9 Å². The van der Waals surface area contributed by atoms with Gasteiger partial charge in [0.05, 0.1) is 18.1 Å². The second-order valence-corrected chi connectivity index (χ2v) is 5.39. The standard InChI is InChI=1S/C16H11F2N7O/c17-9-5-10(18)7-11(6-9)25-14(1-3-20-25)23-16(26)12-8-21-24-4-2-13(19)22-15(12)24/h1-8H,(H2,19,22)(H,23,26). The minimum absolute atomic E-state index is 0.130. The summed E-state index contributed by atoms with van der Waals surface area (Å²) >= 11 is 0. The van der Waals surface area contributed by atoms with Crippen molar-refractivity contribution in [3.05, 3.63) is 66.1 Å². The molecule has 0 fully saturated rings. The summed E-state index contributed by atoms with van der Waals surface area (Å²) in [5, 5.41) is 10.6. The molecule has 1 amide bonds. The monoisotopic (exact) mass is 355 g/mol. The van der Waals surface area contributed by atoms with Crippen molar-refractivity contribution in [3.8, 4) is 5.69 Å². The molecule has 0 aliphatic heterocycles. The Kier molecular flexibility index (Phi) is 3.57. The maximum Gasteiger partial charge on any atom is 0.262 e. The minimum atomic E-state index is -0.755. The summed E-state index contributed by atoms with van der Waals surface area (Å²) in [5.74, 6) is -1.56. The molecule has 0 aliphatic rings. The second-order valence-electron chi connectivity index (χ2n) is 5.39. The van der Waals surface area contributed by atoms with E-state index in [1.54, 1.807) is 12.3 Å². The zero-order valence-electron chi connectivity index (χ0n) is 13.1. The highest BCUT2D eigenvalue weighted by Crippen LogP contribution is 2.19. The Morgan fingerprint density at radius 2 is 1.88 bits per heavy atom. The van der Waals surface area contributed by atoms with Gasteiger partial charge in [0.2, 0.25) is 0 Å². The van der Waals surface area contributed by atoms with Gasteiger partial charge in [-0.1, -0.05) is 0 Å². The largest absolute Gasteiger partial charge is 0.384 e. The third kappa shape index (κ3) is 2.73. The summed E-state index contributed by atoms with van der Waals surface area (Å²) in [4.78, 5) is 16.7. The molecule has 3 N–H and O–H groups in total. The van der Waals surface area contributed by atoms with Crippen LogP contribution in [0.4, 0.5) is 20.4 Å². The number of hydrogen-bond acceptors (Lipinski definition) is 5. The first-order valence-electron chi connectivity index (χ1n) is 7.43. The molecule has 10 heteroatoms. The Morgan fingerprint density at radius 3 is 2.65 bits per heavy atom. The molecule has 0 aliphatic carbocycles. The zero-order chi connectivity index (χ0) is 18.3. The van der Waals surface area contributed by atoms with Crippen LogP contribution in [0.2, 0.25) is 0 Å². The van der Waals surface area contributed by atoms with Crippen molar-refractivity contribution in [1.82, 2.24) is 24.4 Å². The summed E-state index contributed by atoms with van der Waals surface area (Å²) in [6.45, 7) is 0. The Bertz CT molecular complexity index is 1110. The quantitative estimate of drug-likeness (QED) is 0.585. The zero-order valence-corrected chi connectivity index (χ0v) is 13.1. The summed E-state index contributed by atoms with van der Waals surface area (Å²) in [6.07, 6.45) is 4.32. The van der Waals surface area contributed by atoms with Crippen molar-refractivity contribution in [2.75, 3.05) is 11.1 Å². The summed E-state index contributed by atoms with van der Waals surface area (Å²) in [6, 6.07) is 6.00. The number of anilines is 2.